The third kappa shape index (κ3) is 2.10. The molecule has 0 atom stereocenters. The van der Waals surface area contributed by atoms with Gasteiger partial charge in [-0.25, -0.2) is 9.37 Å². The molecule has 2 aromatic heterocycles. The van der Waals surface area contributed by atoms with Gasteiger partial charge in [0, 0.05) is 17.6 Å². The minimum absolute atomic E-state index is 0.231. The van der Waals surface area contributed by atoms with E-state index in [1.54, 1.807) is 23.6 Å². The zero-order valence-corrected chi connectivity index (χ0v) is 12.8. The van der Waals surface area contributed by atoms with Gasteiger partial charge in [-0.3, -0.25) is 0 Å². The Labute approximate surface area is 125 Å². The number of fused-ring (bicyclic) bond motifs is 1. The normalized spacial score (nSPS) is 11.2. The molecule has 7 heteroatoms. The molecule has 0 aliphatic carbocycles. The summed E-state index contributed by atoms with van der Waals surface area (Å²) in [5.41, 5.74) is 1.62. The number of halogens is 2. The number of nitrogens with one attached hydrogen (secondary N) is 1. The summed E-state index contributed by atoms with van der Waals surface area (Å²) in [7, 11) is 0. The zero-order valence-electron chi connectivity index (χ0n) is 8.98. The standard InChI is InChI=1S/C11H7FIN3S2/c12-6-3-9-8(4-7(6)13)15-11(17)16(9)5-10-14-1-2-18-10/h1-4H,5H2,(H,15,17). The maximum absolute atomic E-state index is 13.6. The number of rotatable bonds is 2. The Morgan fingerprint density at radius 3 is 3.06 bits per heavy atom. The van der Waals surface area contributed by atoms with Crippen molar-refractivity contribution in [2.45, 2.75) is 6.54 Å². The molecule has 3 nitrogen and oxygen atoms in total. The Bertz CT molecular complexity index is 761. The molecule has 0 bridgehead atoms. The third-order valence-corrected chi connectivity index (χ3v) is 4.51. The van der Waals surface area contributed by atoms with Crippen molar-refractivity contribution in [1.82, 2.24) is 14.5 Å². The van der Waals surface area contributed by atoms with Crippen molar-refractivity contribution in [3.05, 3.63) is 42.9 Å². The summed E-state index contributed by atoms with van der Waals surface area (Å²) in [6.07, 6.45) is 1.75. The van der Waals surface area contributed by atoms with Crippen LogP contribution in [-0.2, 0) is 6.54 Å². The number of imidazole rings is 1. The van der Waals surface area contributed by atoms with E-state index in [1.165, 1.54) is 6.07 Å². The molecule has 0 fully saturated rings. The molecule has 92 valence electrons. The smallest absolute Gasteiger partial charge is 0.178 e. The summed E-state index contributed by atoms with van der Waals surface area (Å²) >= 11 is 8.80. The van der Waals surface area contributed by atoms with Gasteiger partial charge in [0.2, 0.25) is 0 Å². The van der Waals surface area contributed by atoms with Crippen LogP contribution in [-0.4, -0.2) is 14.5 Å². The first-order valence-corrected chi connectivity index (χ1v) is 7.48. The number of aromatic nitrogens is 3. The fourth-order valence-electron chi connectivity index (χ4n) is 1.78. The van der Waals surface area contributed by atoms with Crippen LogP contribution in [0.3, 0.4) is 0 Å². The second kappa shape index (κ2) is 4.71. The van der Waals surface area contributed by atoms with Crippen LogP contribution >= 0.6 is 46.1 Å². The fourth-order valence-corrected chi connectivity index (χ4v) is 3.12. The number of hydrogen-bond donors (Lipinski definition) is 1. The van der Waals surface area contributed by atoms with Gasteiger partial charge in [-0.15, -0.1) is 11.3 Å². The van der Waals surface area contributed by atoms with Crippen molar-refractivity contribution in [3.8, 4) is 0 Å². The van der Waals surface area contributed by atoms with E-state index in [9.17, 15) is 4.39 Å². The van der Waals surface area contributed by atoms with Gasteiger partial charge in [0.15, 0.2) is 4.77 Å². The molecule has 3 rings (SSSR count). The molecule has 0 saturated heterocycles. The van der Waals surface area contributed by atoms with Crippen molar-refractivity contribution >= 4 is 57.2 Å². The first-order valence-electron chi connectivity index (χ1n) is 5.11. The molecule has 0 aliphatic rings. The largest absolute Gasteiger partial charge is 0.331 e. The first-order chi connectivity index (χ1) is 8.65. The number of benzene rings is 1. The SMILES string of the molecule is Fc1cc2c(cc1I)[nH]c(=S)n2Cc1nccs1. The van der Waals surface area contributed by atoms with E-state index in [0.717, 1.165) is 16.0 Å². The molecule has 1 aromatic carbocycles. The van der Waals surface area contributed by atoms with E-state index in [-0.39, 0.29) is 5.82 Å². The second-order valence-electron chi connectivity index (χ2n) is 3.73. The number of thiazole rings is 1. The minimum atomic E-state index is -0.231. The number of nitrogens with zero attached hydrogens (tertiary/aromatic N) is 2. The molecule has 0 aliphatic heterocycles. The molecular formula is C11H7FIN3S2. The summed E-state index contributed by atoms with van der Waals surface area (Å²) in [5.74, 6) is -0.231. The highest BCUT2D eigenvalue weighted by molar-refractivity contribution is 14.1. The van der Waals surface area contributed by atoms with E-state index in [1.807, 2.05) is 32.5 Å². The highest BCUT2D eigenvalue weighted by Gasteiger charge is 2.09. The van der Waals surface area contributed by atoms with E-state index in [4.69, 9.17) is 12.2 Å². The lowest BCUT2D eigenvalue weighted by molar-refractivity contribution is 0.621. The van der Waals surface area contributed by atoms with E-state index >= 15 is 0 Å². The van der Waals surface area contributed by atoms with Crippen LogP contribution < -0.4 is 0 Å². The highest BCUT2D eigenvalue weighted by Crippen LogP contribution is 2.21. The van der Waals surface area contributed by atoms with Gasteiger partial charge in [-0.2, -0.15) is 0 Å². The average Bonchev–Trinajstić information content (AvgIpc) is 2.92. The maximum atomic E-state index is 13.6. The van der Waals surface area contributed by atoms with Gasteiger partial charge >= 0.3 is 0 Å². The van der Waals surface area contributed by atoms with Crippen molar-refractivity contribution in [3.63, 3.8) is 0 Å². The minimum Gasteiger partial charge on any atom is -0.331 e. The molecule has 0 radical (unpaired) electrons. The molecule has 0 saturated carbocycles. The summed E-state index contributed by atoms with van der Waals surface area (Å²) in [4.78, 5) is 7.31. The third-order valence-electron chi connectivity index (χ3n) is 2.59. The number of H-pyrrole nitrogens is 1. The number of hydrogen-bond acceptors (Lipinski definition) is 3. The van der Waals surface area contributed by atoms with Crippen molar-refractivity contribution in [2.24, 2.45) is 0 Å². The van der Waals surface area contributed by atoms with Crippen LogP contribution in [0.1, 0.15) is 5.01 Å². The molecule has 0 unspecified atom stereocenters. The van der Waals surface area contributed by atoms with Gasteiger partial charge in [0.25, 0.3) is 0 Å². The lowest BCUT2D eigenvalue weighted by Gasteiger charge is -2.02. The zero-order chi connectivity index (χ0) is 12.7. The topological polar surface area (TPSA) is 33.6 Å². The summed E-state index contributed by atoms with van der Waals surface area (Å²) in [6.45, 7) is 0.566. The van der Waals surface area contributed by atoms with Crippen LogP contribution in [0, 0.1) is 14.2 Å². The summed E-state index contributed by atoms with van der Waals surface area (Å²) in [5, 5.41) is 2.86. The van der Waals surface area contributed by atoms with Crippen molar-refractivity contribution in [1.29, 1.82) is 0 Å². The van der Waals surface area contributed by atoms with Crippen LogP contribution in [0.2, 0.25) is 0 Å². The van der Waals surface area contributed by atoms with Crippen LogP contribution in [0.25, 0.3) is 11.0 Å². The Hall–Kier alpha value is -0.800. The number of aromatic amines is 1. The highest BCUT2D eigenvalue weighted by atomic mass is 127. The molecule has 0 amide bonds. The average molecular weight is 391 g/mol. The predicted molar refractivity (Wildman–Crippen MR) is 81.0 cm³/mol. The van der Waals surface area contributed by atoms with Crippen molar-refractivity contribution < 1.29 is 4.39 Å². The lowest BCUT2D eigenvalue weighted by Crippen LogP contribution is -1.99. The monoisotopic (exact) mass is 391 g/mol. The van der Waals surface area contributed by atoms with E-state index < -0.39 is 0 Å². The lowest BCUT2D eigenvalue weighted by atomic mass is 10.3. The van der Waals surface area contributed by atoms with Crippen LogP contribution in [0.4, 0.5) is 4.39 Å². The summed E-state index contributed by atoms with van der Waals surface area (Å²) < 4.78 is 16.7. The summed E-state index contributed by atoms with van der Waals surface area (Å²) in [6, 6.07) is 3.27. The molecule has 1 N–H and O–H groups in total. The van der Waals surface area contributed by atoms with Gasteiger partial charge in [0.1, 0.15) is 10.8 Å². The predicted octanol–water partition coefficient (Wildman–Crippen LogP) is 3.95. The second-order valence-corrected chi connectivity index (χ2v) is 6.25. The maximum Gasteiger partial charge on any atom is 0.178 e. The van der Waals surface area contributed by atoms with E-state index in [2.05, 4.69) is 9.97 Å². The fraction of sp³-hybridized carbons (Fsp3) is 0.0909. The Kier molecular flexibility index (Phi) is 3.20. The van der Waals surface area contributed by atoms with Gasteiger partial charge in [-0.1, -0.05) is 0 Å². The quantitative estimate of drug-likeness (QED) is 0.530. The van der Waals surface area contributed by atoms with Crippen LogP contribution in [0.5, 0.6) is 0 Å². The molecule has 0 spiro atoms. The molecule has 2 heterocycles. The van der Waals surface area contributed by atoms with Gasteiger partial charge in [-0.05, 0) is 40.9 Å². The van der Waals surface area contributed by atoms with Gasteiger partial charge in [0.05, 0.1) is 21.1 Å². The Morgan fingerprint density at radius 2 is 2.33 bits per heavy atom. The Morgan fingerprint density at radius 1 is 1.50 bits per heavy atom. The first kappa shape index (κ1) is 12.2. The Balaban J connectivity index is 2.19. The van der Waals surface area contributed by atoms with Gasteiger partial charge < -0.3 is 9.55 Å². The van der Waals surface area contributed by atoms with E-state index in [0.29, 0.717) is 14.9 Å². The molecular weight excluding hydrogens is 384 g/mol. The van der Waals surface area contributed by atoms with Crippen LogP contribution in [0.15, 0.2) is 23.7 Å². The molecule has 18 heavy (non-hydrogen) atoms. The molecule has 3 aromatic rings. The van der Waals surface area contributed by atoms with Crippen molar-refractivity contribution in [2.75, 3.05) is 0 Å².